The summed E-state index contributed by atoms with van der Waals surface area (Å²) in [5, 5.41) is 6.40. The Morgan fingerprint density at radius 3 is 2.34 bits per heavy atom. The minimum absolute atomic E-state index is 0.209. The molecule has 0 radical (unpaired) electrons. The van der Waals surface area contributed by atoms with Crippen LogP contribution in [0, 0.1) is 0 Å². The van der Waals surface area contributed by atoms with Crippen molar-refractivity contribution in [2.45, 2.75) is 24.9 Å². The maximum Gasteiger partial charge on any atom is 0.247 e. The third kappa shape index (κ3) is 8.48. The first-order valence-corrected chi connectivity index (χ1v) is 12.5. The van der Waals surface area contributed by atoms with E-state index in [-0.39, 0.29) is 31.8 Å². The zero-order chi connectivity index (χ0) is 27.3. The number of rotatable bonds is 13. The second-order valence-electron chi connectivity index (χ2n) is 8.78. The second-order valence-corrected chi connectivity index (χ2v) is 8.78. The number of nitrogens with two attached hydrogens (primary N) is 3. The lowest BCUT2D eigenvalue weighted by Crippen LogP contribution is -2.51. The third-order valence-corrected chi connectivity index (χ3v) is 5.85. The van der Waals surface area contributed by atoms with Gasteiger partial charge in [0.1, 0.15) is 6.04 Å². The number of anilines is 1. The van der Waals surface area contributed by atoms with Crippen LogP contribution in [0.5, 0.6) is 0 Å². The largest absolute Gasteiger partial charge is 0.343 e. The highest BCUT2D eigenvalue weighted by Crippen LogP contribution is 2.16. The minimum Gasteiger partial charge on any atom is -0.343 e. The molecule has 0 saturated carbocycles. The van der Waals surface area contributed by atoms with E-state index in [0.717, 1.165) is 16.5 Å². The van der Waals surface area contributed by atoms with Crippen LogP contribution in [-0.4, -0.2) is 65.9 Å². The number of hydrogen-bond donors (Lipinski definition) is 5. The molecule has 2 unspecified atom stereocenters. The summed E-state index contributed by atoms with van der Waals surface area (Å²) in [7, 11) is 0. The van der Waals surface area contributed by atoms with Gasteiger partial charge < -0.3 is 32.7 Å². The van der Waals surface area contributed by atoms with Crippen LogP contribution in [0.25, 0.3) is 17.0 Å². The number of aromatic nitrogens is 1. The molecule has 0 bridgehead atoms. The molecule has 0 fully saturated rings. The fourth-order valence-corrected chi connectivity index (χ4v) is 3.87. The van der Waals surface area contributed by atoms with Crippen molar-refractivity contribution in [3.05, 3.63) is 78.5 Å². The van der Waals surface area contributed by atoms with Crippen LogP contribution in [0.15, 0.2) is 72.9 Å². The number of fused-ring (bicyclic) bond motifs is 1. The summed E-state index contributed by atoms with van der Waals surface area (Å²) in [6.45, 7) is 1.18. The van der Waals surface area contributed by atoms with Gasteiger partial charge in [0.15, 0.2) is 0 Å². The zero-order valence-electron chi connectivity index (χ0n) is 21.3. The second kappa shape index (κ2) is 14.6. The molecule has 3 amide bonds. The summed E-state index contributed by atoms with van der Waals surface area (Å²) in [4.78, 5) is 44.6. The molecule has 8 N–H and O–H groups in total. The average Bonchev–Trinajstić information content (AvgIpc) is 2.92. The number of carbonyl (C=O) groups is 3. The van der Waals surface area contributed by atoms with Crippen molar-refractivity contribution in [1.29, 1.82) is 0 Å². The van der Waals surface area contributed by atoms with E-state index in [2.05, 4.69) is 15.6 Å². The lowest BCUT2D eigenvalue weighted by atomic mass is 10.1. The van der Waals surface area contributed by atoms with Gasteiger partial charge in [0.05, 0.1) is 29.9 Å². The monoisotopic (exact) mass is 517 g/mol. The van der Waals surface area contributed by atoms with E-state index >= 15 is 0 Å². The van der Waals surface area contributed by atoms with E-state index < -0.39 is 23.9 Å². The van der Waals surface area contributed by atoms with E-state index in [1.54, 1.807) is 12.3 Å². The van der Waals surface area contributed by atoms with Gasteiger partial charge in [-0.3, -0.25) is 19.4 Å². The maximum atomic E-state index is 13.2. The van der Waals surface area contributed by atoms with E-state index in [1.165, 1.54) is 4.90 Å². The van der Waals surface area contributed by atoms with Crippen LogP contribution < -0.4 is 27.8 Å². The van der Waals surface area contributed by atoms with Crippen LogP contribution in [-0.2, 0) is 14.4 Å². The standard InChI is InChI=1S/C28H35N7O3/c29-13-15-35(16-14-30)26(36)18-23(31)27(37)34-25(12-6-9-20-7-2-1-3-8-20)28(38)33-22-17-21-10-4-5-11-24(21)32-19-22/h1-11,17,19,23,25H,12-16,18,29-31H2,(H,33,38)(H,34,37). The predicted octanol–water partition coefficient (Wildman–Crippen LogP) is 1.23. The molecule has 0 aliphatic carbocycles. The number of nitrogens with zero attached hydrogens (tertiary/aromatic N) is 2. The molecule has 1 aromatic heterocycles. The lowest BCUT2D eigenvalue weighted by Gasteiger charge is -2.24. The molecule has 1 heterocycles. The summed E-state index contributed by atoms with van der Waals surface area (Å²) in [6.07, 6.45) is 5.21. The number of hydrogen-bond acceptors (Lipinski definition) is 7. The Morgan fingerprint density at radius 2 is 1.63 bits per heavy atom. The zero-order valence-corrected chi connectivity index (χ0v) is 21.3. The molecule has 0 spiro atoms. The summed E-state index contributed by atoms with van der Waals surface area (Å²) >= 11 is 0. The molecule has 10 heteroatoms. The van der Waals surface area contributed by atoms with E-state index in [1.807, 2.05) is 66.7 Å². The van der Waals surface area contributed by atoms with Gasteiger partial charge in [-0.05, 0) is 24.1 Å². The van der Waals surface area contributed by atoms with Gasteiger partial charge in [0, 0.05) is 31.6 Å². The maximum absolute atomic E-state index is 13.2. The lowest BCUT2D eigenvalue weighted by molar-refractivity contribution is -0.134. The third-order valence-electron chi connectivity index (χ3n) is 5.85. The van der Waals surface area contributed by atoms with Crippen molar-refractivity contribution in [2.24, 2.45) is 17.2 Å². The highest BCUT2D eigenvalue weighted by molar-refractivity contribution is 5.99. The first-order valence-electron chi connectivity index (χ1n) is 12.5. The van der Waals surface area contributed by atoms with Crippen LogP contribution in [0.1, 0.15) is 18.4 Å². The molecule has 0 saturated heterocycles. The fourth-order valence-electron chi connectivity index (χ4n) is 3.87. The molecule has 0 aliphatic rings. The van der Waals surface area contributed by atoms with E-state index in [4.69, 9.17) is 17.2 Å². The van der Waals surface area contributed by atoms with Gasteiger partial charge in [0.25, 0.3) is 0 Å². The van der Waals surface area contributed by atoms with E-state index in [0.29, 0.717) is 18.8 Å². The van der Waals surface area contributed by atoms with Gasteiger partial charge in [-0.25, -0.2) is 0 Å². The van der Waals surface area contributed by atoms with E-state index in [9.17, 15) is 14.4 Å². The average molecular weight is 518 g/mol. The molecular formula is C28H35N7O3. The highest BCUT2D eigenvalue weighted by Gasteiger charge is 2.26. The summed E-state index contributed by atoms with van der Waals surface area (Å²) < 4.78 is 0. The Morgan fingerprint density at radius 1 is 0.947 bits per heavy atom. The molecule has 2 atom stereocenters. The summed E-state index contributed by atoms with van der Waals surface area (Å²) in [5.41, 5.74) is 19.4. The topological polar surface area (TPSA) is 169 Å². The first-order chi connectivity index (χ1) is 18.4. The van der Waals surface area contributed by atoms with Crippen molar-refractivity contribution in [2.75, 3.05) is 31.5 Å². The highest BCUT2D eigenvalue weighted by atomic mass is 16.2. The van der Waals surface area contributed by atoms with Crippen molar-refractivity contribution in [3.8, 4) is 0 Å². The van der Waals surface area contributed by atoms with Crippen LogP contribution in [0.3, 0.4) is 0 Å². The number of nitrogens with one attached hydrogen (secondary N) is 2. The molecule has 38 heavy (non-hydrogen) atoms. The van der Waals surface area contributed by atoms with Crippen LogP contribution in [0.4, 0.5) is 5.69 Å². The van der Waals surface area contributed by atoms with Crippen LogP contribution >= 0.6 is 0 Å². The van der Waals surface area contributed by atoms with Gasteiger partial charge in [-0.2, -0.15) is 0 Å². The van der Waals surface area contributed by atoms with Gasteiger partial charge in [-0.15, -0.1) is 0 Å². The molecule has 0 aliphatic heterocycles. The minimum atomic E-state index is -1.14. The Labute approximate surface area is 222 Å². The molecule has 3 rings (SSSR count). The quantitative estimate of drug-likeness (QED) is 0.227. The van der Waals surface area contributed by atoms with Gasteiger partial charge in [0.2, 0.25) is 17.7 Å². The fraction of sp³-hybridized carbons (Fsp3) is 0.286. The number of benzene rings is 2. The molecule has 200 valence electrons. The number of carbonyl (C=O) groups excluding carboxylic acids is 3. The Balaban J connectivity index is 1.71. The van der Waals surface area contributed by atoms with Crippen molar-refractivity contribution in [1.82, 2.24) is 15.2 Å². The molecule has 3 aromatic rings. The number of pyridine rings is 1. The van der Waals surface area contributed by atoms with Gasteiger partial charge in [-0.1, -0.05) is 60.7 Å². The summed E-state index contributed by atoms with van der Waals surface area (Å²) in [6, 6.07) is 16.9. The van der Waals surface area contributed by atoms with Crippen molar-refractivity contribution in [3.63, 3.8) is 0 Å². The smallest absolute Gasteiger partial charge is 0.247 e. The van der Waals surface area contributed by atoms with Crippen LogP contribution in [0.2, 0.25) is 0 Å². The normalized spacial score (nSPS) is 12.7. The van der Waals surface area contributed by atoms with Crippen molar-refractivity contribution >= 4 is 40.4 Å². The number of para-hydroxylation sites is 1. The molecular weight excluding hydrogens is 482 g/mol. The first kappa shape index (κ1) is 28.5. The number of amides is 3. The Kier molecular flexibility index (Phi) is 10.9. The summed E-state index contributed by atoms with van der Waals surface area (Å²) in [5.74, 6) is -1.36. The molecule has 2 aromatic carbocycles. The SMILES string of the molecule is NCCN(CCN)C(=O)CC(N)C(=O)NC(CC=Cc1ccccc1)C(=O)Nc1cnc2ccccc2c1. The van der Waals surface area contributed by atoms with Crippen molar-refractivity contribution < 1.29 is 14.4 Å². The molecule has 10 nitrogen and oxygen atoms in total. The Hall–Kier alpha value is -4.12. The predicted molar refractivity (Wildman–Crippen MR) is 150 cm³/mol. The Bertz CT molecular complexity index is 1240. The van der Waals surface area contributed by atoms with Gasteiger partial charge >= 0.3 is 0 Å².